The quantitative estimate of drug-likeness (QED) is 0.297. The summed E-state index contributed by atoms with van der Waals surface area (Å²) in [6.07, 6.45) is -0.530. The predicted molar refractivity (Wildman–Crippen MR) is 87.7 cm³/mol. The van der Waals surface area contributed by atoms with Crippen molar-refractivity contribution in [3.05, 3.63) is 35.1 Å². The van der Waals surface area contributed by atoms with E-state index in [1.165, 1.54) is 13.0 Å². The zero-order chi connectivity index (χ0) is 18.3. The van der Waals surface area contributed by atoms with Crippen molar-refractivity contribution in [3.8, 4) is 11.8 Å². The van der Waals surface area contributed by atoms with Crippen LogP contribution in [0.2, 0.25) is 0 Å². The molecule has 1 rings (SSSR count). The molecule has 9 heteroatoms. The van der Waals surface area contributed by atoms with Gasteiger partial charge in [0.25, 0.3) is 5.91 Å². The van der Waals surface area contributed by atoms with Crippen LogP contribution in [0.4, 0.5) is 5.69 Å². The fraction of sp³-hybridized carbons (Fsp3) is 0.333. The van der Waals surface area contributed by atoms with Gasteiger partial charge < -0.3 is 24.6 Å². The molecule has 1 aromatic carbocycles. The molecule has 1 aromatic rings. The molecule has 130 valence electrons. The minimum atomic E-state index is -3.85. The van der Waals surface area contributed by atoms with E-state index in [1.807, 2.05) is 0 Å². The van der Waals surface area contributed by atoms with E-state index in [-0.39, 0.29) is 12.4 Å². The minimum absolute atomic E-state index is 0.0794. The number of ether oxygens (including phenoxy) is 1. The average Bonchev–Trinajstić information content (AvgIpc) is 2.48. The maximum atomic E-state index is 11.9. The number of nitrogens with one attached hydrogen (secondary N) is 1. The van der Waals surface area contributed by atoms with E-state index in [9.17, 15) is 19.4 Å². The molecule has 1 amide bonds. The number of anilines is 1. The summed E-state index contributed by atoms with van der Waals surface area (Å²) in [5.74, 6) is -0.879. The van der Waals surface area contributed by atoms with E-state index >= 15 is 0 Å². The molecular formula is C15H19N2O6P. The molecule has 1 unspecified atom stereocenters. The fourth-order valence-electron chi connectivity index (χ4n) is 1.71. The number of allylic oxidation sites excluding steroid dienone is 1. The fourth-order valence-corrected chi connectivity index (χ4v) is 2.49. The first kappa shape index (κ1) is 19.7. The Labute approximate surface area is 139 Å². The number of aliphatic hydroxyl groups is 1. The molecule has 0 heterocycles. The number of nitrogens with zero attached hydrogens (tertiary/aromatic N) is 1. The van der Waals surface area contributed by atoms with Crippen LogP contribution in [0, 0.1) is 18.3 Å². The first-order valence-electron chi connectivity index (χ1n) is 7.01. The second-order valence-corrected chi connectivity index (χ2v) is 6.63. The number of hydrogen-bond donors (Lipinski definition) is 3. The molecule has 0 spiro atoms. The molecule has 8 nitrogen and oxygen atoms in total. The molecule has 0 radical (unpaired) electrons. The molecule has 3 N–H and O–H groups in total. The average molecular weight is 354 g/mol. The van der Waals surface area contributed by atoms with Crippen molar-refractivity contribution in [3.63, 3.8) is 0 Å². The van der Waals surface area contributed by atoms with Gasteiger partial charge in [-0.15, -0.1) is 0 Å². The van der Waals surface area contributed by atoms with E-state index < -0.39 is 31.2 Å². The highest BCUT2D eigenvalue weighted by Crippen LogP contribution is 2.42. The Morgan fingerprint density at radius 2 is 2.12 bits per heavy atom. The Hall–Kier alpha value is -2.33. The molecule has 0 fully saturated rings. The van der Waals surface area contributed by atoms with Gasteiger partial charge in [0.15, 0.2) is 11.9 Å². The SMILES string of the molecule is CCOP(=O)(O)COc1cc(NC(=O)/C(C#N)=C(\C)O)ccc1C. The van der Waals surface area contributed by atoms with Gasteiger partial charge in [-0.2, -0.15) is 5.26 Å². The van der Waals surface area contributed by atoms with Crippen LogP contribution in [0.3, 0.4) is 0 Å². The number of amides is 1. The van der Waals surface area contributed by atoms with E-state index in [0.29, 0.717) is 11.3 Å². The van der Waals surface area contributed by atoms with Gasteiger partial charge >= 0.3 is 7.60 Å². The molecule has 24 heavy (non-hydrogen) atoms. The number of aliphatic hydroxyl groups excluding tert-OH is 1. The van der Waals surface area contributed by atoms with Crippen molar-refractivity contribution in [1.82, 2.24) is 0 Å². The predicted octanol–water partition coefficient (Wildman–Crippen LogP) is 2.85. The Morgan fingerprint density at radius 1 is 1.46 bits per heavy atom. The number of carbonyl (C=O) groups excluding carboxylic acids is 1. The van der Waals surface area contributed by atoms with Gasteiger partial charge in [0.2, 0.25) is 0 Å². The third kappa shape index (κ3) is 5.70. The Kier molecular flexibility index (Phi) is 6.98. The van der Waals surface area contributed by atoms with Crippen molar-refractivity contribution >= 4 is 19.2 Å². The summed E-state index contributed by atoms with van der Waals surface area (Å²) in [6.45, 7) is 4.63. The highest BCUT2D eigenvalue weighted by molar-refractivity contribution is 7.52. The lowest BCUT2D eigenvalue weighted by Crippen LogP contribution is -2.15. The van der Waals surface area contributed by atoms with Gasteiger partial charge in [0, 0.05) is 11.8 Å². The lowest BCUT2D eigenvalue weighted by molar-refractivity contribution is -0.112. The van der Waals surface area contributed by atoms with Crippen LogP contribution in [0.15, 0.2) is 29.5 Å². The maximum absolute atomic E-state index is 11.9. The summed E-state index contributed by atoms with van der Waals surface area (Å²) in [5, 5.41) is 20.6. The van der Waals surface area contributed by atoms with Crippen LogP contribution in [-0.4, -0.2) is 28.9 Å². The Balaban J connectivity index is 2.91. The Bertz CT molecular complexity index is 734. The first-order chi connectivity index (χ1) is 11.2. The van der Waals surface area contributed by atoms with Crippen molar-refractivity contribution in [2.45, 2.75) is 20.8 Å². The second-order valence-electron chi connectivity index (χ2n) is 4.84. The Morgan fingerprint density at radius 3 is 2.67 bits per heavy atom. The van der Waals surface area contributed by atoms with Crippen molar-refractivity contribution in [2.24, 2.45) is 0 Å². The number of hydrogen-bond acceptors (Lipinski definition) is 6. The monoisotopic (exact) mass is 354 g/mol. The van der Waals surface area contributed by atoms with E-state index in [1.54, 1.807) is 32.0 Å². The number of rotatable bonds is 7. The minimum Gasteiger partial charge on any atom is -0.511 e. The van der Waals surface area contributed by atoms with Gasteiger partial charge in [-0.3, -0.25) is 9.36 Å². The van der Waals surface area contributed by atoms with Crippen molar-refractivity contribution < 1.29 is 28.6 Å². The summed E-state index contributed by atoms with van der Waals surface area (Å²) in [7, 11) is -3.85. The molecule has 0 saturated heterocycles. The molecule has 0 aliphatic heterocycles. The number of carbonyl (C=O) groups is 1. The van der Waals surface area contributed by atoms with Crippen LogP contribution >= 0.6 is 7.60 Å². The van der Waals surface area contributed by atoms with E-state index in [0.717, 1.165) is 0 Å². The van der Waals surface area contributed by atoms with Gasteiger partial charge in [-0.05, 0) is 32.4 Å². The summed E-state index contributed by atoms with van der Waals surface area (Å²) >= 11 is 0. The molecule has 0 aliphatic rings. The number of benzene rings is 1. The standard InChI is InChI=1S/C15H19N2O6P/c1-4-23-24(20,21)9-22-14-7-12(6-5-10(14)2)17-15(19)13(8-16)11(3)18/h5-7,18H,4,9H2,1-3H3,(H,17,19)(H,20,21)/b13-11+. The first-order valence-corrected chi connectivity index (χ1v) is 8.77. The largest absolute Gasteiger partial charge is 0.511 e. The lowest BCUT2D eigenvalue weighted by atomic mass is 10.2. The lowest BCUT2D eigenvalue weighted by Gasteiger charge is -2.14. The van der Waals surface area contributed by atoms with Crippen LogP contribution in [0.25, 0.3) is 0 Å². The summed E-state index contributed by atoms with van der Waals surface area (Å²) in [6, 6.07) is 6.26. The van der Waals surface area contributed by atoms with E-state index in [4.69, 9.17) is 14.5 Å². The highest BCUT2D eigenvalue weighted by Gasteiger charge is 2.20. The van der Waals surface area contributed by atoms with Crippen molar-refractivity contribution in [1.29, 1.82) is 5.26 Å². The normalized spacial score (nSPS) is 14.1. The summed E-state index contributed by atoms with van der Waals surface area (Å²) in [5.41, 5.74) is 0.576. The summed E-state index contributed by atoms with van der Waals surface area (Å²) < 4.78 is 21.6. The van der Waals surface area contributed by atoms with Gasteiger partial charge in [0.1, 0.15) is 17.6 Å². The number of nitriles is 1. The van der Waals surface area contributed by atoms with Crippen LogP contribution in [-0.2, 0) is 13.9 Å². The van der Waals surface area contributed by atoms with E-state index in [2.05, 4.69) is 5.32 Å². The van der Waals surface area contributed by atoms with Gasteiger partial charge in [0.05, 0.1) is 6.61 Å². The summed E-state index contributed by atoms with van der Waals surface area (Å²) in [4.78, 5) is 21.4. The topological polar surface area (TPSA) is 129 Å². The molecule has 0 aliphatic carbocycles. The molecule has 0 aromatic heterocycles. The molecule has 1 atom stereocenters. The zero-order valence-electron chi connectivity index (χ0n) is 13.6. The third-order valence-electron chi connectivity index (χ3n) is 2.86. The molecular weight excluding hydrogens is 335 g/mol. The third-order valence-corrected chi connectivity index (χ3v) is 3.98. The van der Waals surface area contributed by atoms with Crippen LogP contribution in [0.5, 0.6) is 5.75 Å². The zero-order valence-corrected chi connectivity index (χ0v) is 14.5. The smallest absolute Gasteiger partial charge is 0.365 e. The van der Waals surface area contributed by atoms with Gasteiger partial charge in [-0.1, -0.05) is 6.07 Å². The van der Waals surface area contributed by atoms with Crippen LogP contribution < -0.4 is 10.1 Å². The second kappa shape index (κ2) is 8.50. The molecule has 0 saturated carbocycles. The van der Waals surface area contributed by atoms with Crippen LogP contribution in [0.1, 0.15) is 19.4 Å². The maximum Gasteiger partial charge on any atom is 0.365 e. The van der Waals surface area contributed by atoms with Crippen molar-refractivity contribution in [2.75, 3.05) is 18.3 Å². The number of aryl methyl sites for hydroxylation is 1. The molecule has 0 bridgehead atoms. The van der Waals surface area contributed by atoms with Gasteiger partial charge in [-0.25, -0.2) is 0 Å². The highest BCUT2D eigenvalue weighted by atomic mass is 31.2.